The Hall–Kier alpha value is -4.98. The summed E-state index contributed by atoms with van der Waals surface area (Å²) >= 11 is 0. The van der Waals surface area contributed by atoms with Gasteiger partial charge in [-0.15, -0.1) is 0 Å². The highest BCUT2D eigenvalue weighted by Crippen LogP contribution is 2.35. The number of nitrogens with one attached hydrogen (secondary N) is 2. The van der Waals surface area contributed by atoms with Crippen molar-refractivity contribution in [3.05, 3.63) is 71.3 Å². The zero-order valence-electron chi connectivity index (χ0n) is 47.9. The van der Waals surface area contributed by atoms with Crippen LogP contribution in [0, 0.1) is 0 Å². The number of unbranched alkanes of at least 4 members (excludes halogenated alkanes) is 2. The first-order chi connectivity index (χ1) is 43.0. The van der Waals surface area contributed by atoms with Crippen LogP contribution < -0.4 is 20.3 Å². The first kappa shape index (κ1) is 78.7. The van der Waals surface area contributed by atoms with Crippen molar-refractivity contribution in [1.82, 2.24) is 10.0 Å². The maximum atomic E-state index is 12.8. The number of aliphatic hydroxyl groups is 5. The van der Waals surface area contributed by atoms with Crippen LogP contribution >= 0.6 is 0 Å². The number of Topliss-reactive ketones (excluding diaryl/α,β-unsaturated/α-hetero) is 1. The molecule has 4 heterocycles. The minimum absolute atomic E-state index is 0.114. The van der Waals surface area contributed by atoms with Crippen LogP contribution in [-0.4, -0.2) is 270 Å². The van der Waals surface area contributed by atoms with Crippen molar-refractivity contribution in [1.29, 1.82) is 0 Å². The monoisotopic (exact) mass is 1440 g/mol. The SMILES string of the molecule is CO[C@H]1C(C(=O)[O-])O[C@@H](O[C@H]2C(COS(=O)(=O)[O-])O[C@@H](C)C(NS(=O)(=O)[O-])[C@H]2O)C(OS(=O)(=O)[O-])[C@@H]1O.CO[C@H]1C(C(=O)[O-])O[C@@H](O[C@H]2C(COS(=O)(=O)[O-])O[C@@H](O)C(NC(=O)CCCCCC(=O)c3ccc(C(=O)c4ccccc4)cc3)[C@H]2O)C(OS(=O)(=O)[O-])[C@@H]1O. The predicted octanol–water partition coefficient (Wildman–Crippen LogP) is -9.72. The zero-order chi connectivity index (χ0) is 69.9. The van der Waals surface area contributed by atoms with Gasteiger partial charge in [0.15, 0.2) is 52.9 Å². The molecule has 4 saturated heterocycles. The normalized spacial score (nSPS) is 32.1. The Morgan fingerprint density at radius 2 is 0.925 bits per heavy atom. The number of rotatable bonds is 30. The van der Waals surface area contributed by atoms with Gasteiger partial charge in [-0.25, -0.2) is 46.8 Å². The fourth-order valence-electron chi connectivity index (χ4n) is 9.75. The summed E-state index contributed by atoms with van der Waals surface area (Å²) in [5, 5.41) is 79.1. The van der Waals surface area contributed by atoms with Crippen LogP contribution in [0.3, 0.4) is 0 Å². The van der Waals surface area contributed by atoms with E-state index in [1.165, 1.54) is 4.72 Å². The van der Waals surface area contributed by atoms with Gasteiger partial charge < -0.3 is 111 Å². The number of amides is 1. The van der Waals surface area contributed by atoms with Gasteiger partial charge >= 0.3 is 0 Å². The van der Waals surface area contributed by atoms with Gasteiger partial charge in [-0.2, -0.15) is 0 Å². The highest BCUT2D eigenvalue weighted by Gasteiger charge is 2.55. The molecule has 46 heteroatoms. The molecule has 6 rings (SSSR count). The van der Waals surface area contributed by atoms with Crippen LogP contribution in [-0.2, 0) is 121 Å². The quantitative estimate of drug-likeness (QED) is 0.0165. The van der Waals surface area contributed by atoms with Crippen molar-refractivity contribution in [3.63, 3.8) is 0 Å². The maximum Gasteiger partial charge on any atom is 0.220 e. The van der Waals surface area contributed by atoms with Crippen molar-refractivity contribution in [2.24, 2.45) is 0 Å². The van der Waals surface area contributed by atoms with Gasteiger partial charge in [-0.1, -0.05) is 61.0 Å². The summed E-state index contributed by atoms with van der Waals surface area (Å²) in [6, 6.07) is 11.2. The summed E-state index contributed by atoms with van der Waals surface area (Å²) < 4.78 is 227. The number of hydrogen-bond donors (Lipinski definition) is 7. The molecule has 528 valence electrons. The van der Waals surface area contributed by atoms with E-state index in [-0.39, 0.29) is 30.8 Å². The Morgan fingerprint density at radius 3 is 1.34 bits per heavy atom. The van der Waals surface area contributed by atoms with Gasteiger partial charge in [0.25, 0.3) is 0 Å². The first-order valence-electron chi connectivity index (χ1n) is 26.6. The van der Waals surface area contributed by atoms with Gasteiger partial charge in [0.2, 0.25) is 47.5 Å². The van der Waals surface area contributed by atoms with Crippen LogP contribution in [0.2, 0.25) is 0 Å². The molecule has 4 fully saturated rings. The molecule has 4 aliphatic rings. The smallest absolute Gasteiger partial charge is 0.220 e. The van der Waals surface area contributed by atoms with Crippen molar-refractivity contribution in [2.45, 2.75) is 162 Å². The van der Waals surface area contributed by atoms with Gasteiger partial charge in [0.1, 0.15) is 79.3 Å². The van der Waals surface area contributed by atoms with Gasteiger partial charge in [0, 0.05) is 43.8 Å². The van der Waals surface area contributed by atoms with E-state index in [9.17, 15) is 125 Å². The molecule has 1 amide bonds. The highest BCUT2D eigenvalue weighted by atomic mass is 32.3. The Kier molecular flexibility index (Phi) is 28.2. The number of benzene rings is 2. The van der Waals surface area contributed by atoms with E-state index < -0.39 is 205 Å². The van der Waals surface area contributed by atoms with E-state index in [2.05, 4.69) is 22.0 Å². The lowest BCUT2D eigenvalue weighted by molar-refractivity contribution is -0.364. The van der Waals surface area contributed by atoms with Gasteiger partial charge in [-0.05, 0) is 19.8 Å². The molecule has 0 aliphatic carbocycles. The fourth-order valence-corrected chi connectivity index (χ4v) is 12.0. The molecular weight excluding hydrogens is 1380 g/mol. The largest absolute Gasteiger partial charge is 0.735 e. The molecule has 0 aromatic heterocycles. The second kappa shape index (κ2) is 33.3. The molecule has 2 aromatic rings. The van der Waals surface area contributed by atoms with Crippen molar-refractivity contribution in [3.8, 4) is 0 Å². The Labute approximate surface area is 528 Å². The number of hydrogen-bond acceptors (Lipinski definition) is 39. The Balaban J connectivity index is 0.000000367. The third-order valence-corrected chi connectivity index (χ3v) is 16.2. The number of methoxy groups -OCH3 is 2. The summed E-state index contributed by atoms with van der Waals surface area (Å²) in [5.41, 5.74) is 1.30. The molecule has 93 heavy (non-hydrogen) atoms. The Morgan fingerprint density at radius 1 is 0.505 bits per heavy atom. The third-order valence-electron chi connectivity index (χ3n) is 13.9. The van der Waals surface area contributed by atoms with Crippen molar-refractivity contribution >= 4 is 81.3 Å². The number of ether oxygens (including phenoxy) is 8. The number of carboxylic acid groups (broad SMARTS) is 2. The molecule has 0 saturated carbocycles. The minimum atomic E-state index is -5.69. The van der Waals surface area contributed by atoms with Crippen LogP contribution in [0.1, 0.15) is 65.3 Å². The van der Waals surface area contributed by atoms with Gasteiger partial charge in [-0.3, -0.25) is 31.1 Å². The minimum Gasteiger partial charge on any atom is -0.735 e. The van der Waals surface area contributed by atoms with E-state index in [1.54, 1.807) is 54.6 Å². The summed E-state index contributed by atoms with van der Waals surface area (Å²) in [7, 11) is -25.7. The molecular formula is C47H59N2O39S5-7. The maximum absolute atomic E-state index is 12.8. The summed E-state index contributed by atoms with van der Waals surface area (Å²) in [6.45, 7) is -1.38. The van der Waals surface area contributed by atoms with Crippen molar-refractivity contribution < 1.29 is 179 Å². The molecule has 0 bridgehead atoms. The molecule has 20 atom stereocenters. The van der Waals surface area contributed by atoms with E-state index in [0.717, 1.165) is 21.1 Å². The molecule has 2 aromatic carbocycles. The molecule has 0 spiro atoms. The standard InChI is InChI=1S/C33H41NO20S2.C14H25NO19S3/c1-49-28-26(39)29(54-56(46,47)48)33(53-30(28)31(40)41)52-27-21(16-50-55(43,44)45)51-32(42)23(25(27)38)34-22(36)11-7-3-6-10-20(35)17-12-14-19(15-13-17)24(37)18-8-4-2-5-9-18;1-4-6(15-35(20,21)22)7(16)9(5(31-4)3-30-36(23,24)25)32-14-11(34-37(26,27)28)8(17)10(29-2)12(33-14)13(18)19/h2,4-5,8-9,12-15,21,23,25-30,32-33,38-39,42H,3,6-7,10-11,16H2,1H3,(H,34,36)(H,40,41)(H,43,44,45)(H,46,47,48);4-12,14-17H,3H2,1-2H3,(H,18,19)(H,20,21,22)(H,23,24,25)(H,26,27,28)/p-7/t21?,23?,25-,26-,27+,28-,29?,30?,32-,33-;4-,5?,6?,7+,8+,9-,10+,11?,12?,14+/m10/s1. The zero-order valence-corrected chi connectivity index (χ0v) is 51.9. The summed E-state index contributed by atoms with van der Waals surface area (Å²) in [5.74, 6) is -5.24. The summed E-state index contributed by atoms with van der Waals surface area (Å²) in [4.78, 5) is 61.4. The fraction of sp³-hybridized carbons (Fsp3) is 0.638. The predicted molar refractivity (Wildman–Crippen MR) is 281 cm³/mol. The van der Waals surface area contributed by atoms with Gasteiger partial charge in [0.05, 0.1) is 37.3 Å². The topological polar surface area (TPSA) is 653 Å². The van der Waals surface area contributed by atoms with Crippen LogP contribution in [0.25, 0.3) is 0 Å². The number of aliphatic carboxylic acids is 2. The average Bonchev–Trinajstić information content (AvgIpc) is 0.783. The van der Waals surface area contributed by atoms with E-state index in [4.69, 9.17) is 37.9 Å². The van der Waals surface area contributed by atoms with Crippen LogP contribution in [0.4, 0.5) is 0 Å². The Bertz CT molecular complexity index is 3460. The molecule has 41 nitrogen and oxygen atoms in total. The lowest BCUT2D eigenvalue weighted by atomic mass is 9.93. The van der Waals surface area contributed by atoms with E-state index >= 15 is 0 Å². The number of carbonyl (C=O) groups excluding carboxylic acids is 5. The molecule has 7 N–H and O–H groups in total. The molecule has 8 unspecified atom stereocenters. The van der Waals surface area contributed by atoms with Crippen LogP contribution in [0.15, 0.2) is 54.6 Å². The lowest BCUT2D eigenvalue weighted by Gasteiger charge is -2.48. The van der Waals surface area contributed by atoms with E-state index in [1.807, 2.05) is 0 Å². The number of carboxylic acids is 2. The van der Waals surface area contributed by atoms with Crippen LogP contribution in [0.5, 0.6) is 0 Å². The third kappa shape index (κ3) is 23.4. The second-order valence-electron chi connectivity index (χ2n) is 20.3. The first-order valence-corrected chi connectivity index (χ1v) is 33.3. The summed E-state index contributed by atoms with van der Waals surface area (Å²) in [6.07, 6.45) is -37.5. The average molecular weight is 1440 g/mol. The molecule has 0 radical (unpaired) electrons. The highest BCUT2D eigenvalue weighted by molar-refractivity contribution is 7.83. The van der Waals surface area contributed by atoms with Crippen molar-refractivity contribution in [2.75, 3.05) is 27.4 Å². The second-order valence-corrected chi connectivity index (χ2v) is 25.5. The number of carbonyl (C=O) groups is 5. The number of ketones is 2. The molecule has 4 aliphatic heterocycles. The lowest BCUT2D eigenvalue weighted by Crippen LogP contribution is -2.68. The van der Waals surface area contributed by atoms with E-state index in [0.29, 0.717) is 29.5 Å². The number of aliphatic hydroxyl groups excluding tert-OH is 5.